The van der Waals surface area contributed by atoms with Crippen molar-refractivity contribution in [3.8, 4) is 5.75 Å². The number of likely N-dealkylation sites (tertiary alicyclic amines) is 1. The van der Waals surface area contributed by atoms with E-state index in [1.54, 1.807) is 24.4 Å². The summed E-state index contributed by atoms with van der Waals surface area (Å²) >= 11 is 6.02. The summed E-state index contributed by atoms with van der Waals surface area (Å²) in [5, 5.41) is 21.2. The SMILES string of the molecule is Cn1ccnc1C(O)C1CCCN(Cc2cc(Cl)ccc2O)C1. The summed E-state index contributed by atoms with van der Waals surface area (Å²) in [6.45, 7) is 2.37. The number of benzene rings is 1. The number of halogens is 1. The lowest BCUT2D eigenvalue weighted by Gasteiger charge is -2.35. The average Bonchev–Trinajstić information content (AvgIpc) is 2.96. The van der Waals surface area contributed by atoms with Crippen LogP contribution in [-0.2, 0) is 13.6 Å². The summed E-state index contributed by atoms with van der Waals surface area (Å²) in [5.41, 5.74) is 0.824. The first-order valence-electron chi connectivity index (χ1n) is 7.89. The van der Waals surface area contributed by atoms with Crippen LogP contribution in [0, 0.1) is 5.92 Å². The van der Waals surface area contributed by atoms with Crippen LogP contribution in [0.2, 0.25) is 5.02 Å². The number of hydrogen-bond acceptors (Lipinski definition) is 4. The van der Waals surface area contributed by atoms with Crippen LogP contribution in [0.1, 0.15) is 30.3 Å². The summed E-state index contributed by atoms with van der Waals surface area (Å²) in [7, 11) is 1.90. The number of aromatic nitrogens is 2. The Hall–Kier alpha value is -1.56. The summed E-state index contributed by atoms with van der Waals surface area (Å²) < 4.78 is 1.87. The number of aromatic hydroxyl groups is 1. The van der Waals surface area contributed by atoms with E-state index in [4.69, 9.17) is 11.6 Å². The molecular formula is C17H22ClN3O2. The van der Waals surface area contributed by atoms with Gasteiger partial charge in [-0.15, -0.1) is 0 Å². The first-order chi connectivity index (χ1) is 11.0. The maximum absolute atomic E-state index is 10.6. The van der Waals surface area contributed by atoms with E-state index in [0.717, 1.165) is 31.5 Å². The van der Waals surface area contributed by atoms with Gasteiger partial charge in [-0.25, -0.2) is 4.98 Å². The van der Waals surface area contributed by atoms with Gasteiger partial charge in [0, 0.05) is 49.0 Å². The van der Waals surface area contributed by atoms with Gasteiger partial charge in [-0.1, -0.05) is 11.6 Å². The van der Waals surface area contributed by atoms with Gasteiger partial charge in [0.15, 0.2) is 0 Å². The second-order valence-electron chi connectivity index (χ2n) is 6.25. The molecule has 0 bridgehead atoms. The lowest BCUT2D eigenvalue weighted by Crippen LogP contribution is -2.37. The van der Waals surface area contributed by atoms with Crippen molar-refractivity contribution in [2.45, 2.75) is 25.5 Å². The Labute approximate surface area is 141 Å². The van der Waals surface area contributed by atoms with E-state index in [2.05, 4.69) is 9.88 Å². The molecule has 1 aromatic carbocycles. The topological polar surface area (TPSA) is 61.5 Å². The van der Waals surface area contributed by atoms with Gasteiger partial charge in [-0.3, -0.25) is 4.90 Å². The Bertz CT molecular complexity index is 674. The third-order valence-corrected chi connectivity index (χ3v) is 4.78. The molecule has 1 aromatic heterocycles. The zero-order chi connectivity index (χ0) is 16.4. The number of aliphatic hydroxyl groups excluding tert-OH is 1. The standard InChI is InChI=1S/C17H22ClN3O2/c1-20-8-6-19-17(20)16(23)12-3-2-7-21(10-12)11-13-9-14(18)4-5-15(13)22/h4-6,8-9,12,16,22-23H,2-3,7,10-11H2,1H3. The van der Waals surface area contributed by atoms with Crippen molar-refractivity contribution in [3.05, 3.63) is 47.0 Å². The molecule has 2 heterocycles. The van der Waals surface area contributed by atoms with Gasteiger partial charge in [0.1, 0.15) is 17.7 Å². The number of phenolic OH excluding ortho intramolecular Hbond substituents is 1. The lowest BCUT2D eigenvalue weighted by molar-refractivity contribution is 0.0403. The quantitative estimate of drug-likeness (QED) is 0.902. The molecule has 3 rings (SSSR count). The predicted molar refractivity (Wildman–Crippen MR) is 89.3 cm³/mol. The molecule has 1 aliphatic rings. The van der Waals surface area contributed by atoms with Crippen molar-refractivity contribution in [2.24, 2.45) is 13.0 Å². The molecule has 6 heteroatoms. The van der Waals surface area contributed by atoms with Crippen molar-refractivity contribution < 1.29 is 10.2 Å². The van der Waals surface area contributed by atoms with E-state index in [1.807, 2.05) is 17.8 Å². The number of aliphatic hydroxyl groups is 1. The van der Waals surface area contributed by atoms with Crippen molar-refractivity contribution in [2.75, 3.05) is 13.1 Å². The van der Waals surface area contributed by atoms with Crippen LogP contribution >= 0.6 is 11.6 Å². The third-order valence-electron chi connectivity index (χ3n) is 4.55. The molecule has 2 N–H and O–H groups in total. The molecule has 0 aliphatic carbocycles. The summed E-state index contributed by atoms with van der Waals surface area (Å²) in [6, 6.07) is 5.11. The minimum atomic E-state index is -0.564. The maximum atomic E-state index is 10.6. The van der Waals surface area contributed by atoms with Crippen LogP contribution in [0.4, 0.5) is 0 Å². The normalized spacial score (nSPS) is 20.6. The molecule has 2 aromatic rings. The Morgan fingerprint density at radius 1 is 1.43 bits per heavy atom. The molecule has 5 nitrogen and oxygen atoms in total. The molecule has 0 radical (unpaired) electrons. The Kier molecular flexibility index (Phi) is 4.90. The zero-order valence-electron chi connectivity index (χ0n) is 13.2. The minimum Gasteiger partial charge on any atom is -0.508 e. The first-order valence-corrected chi connectivity index (χ1v) is 8.27. The summed E-state index contributed by atoms with van der Waals surface area (Å²) in [6.07, 6.45) is 5.00. The number of hydrogen-bond donors (Lipinski definition) is 2. The van der Waals surface area contributed by atoms with Crippen molar-refractivity contribution >= 4 is 11.6 Å². The first kappa shape index (κ1) is 16.3. The molecule has 0 spiro atoms. The average molecular weight is 336 g/mol. The van der Waals surface area contributed by atoms with Gasteiger partial charge in [-0.05, 0) is 37.6 Å². The van der Waals surface area contributed by atoms with E-state index in [0.29, 0.717) is 17.4 Å². The van der Waals surface area contributed by atoms with Crippen LogP contribution in [0.25, 0.3) is 0 Å². The Morgan fingerprint density at radius 2 is 2.26 bits per heavy atom. The van der Waals surface area contributed by atoms with E-state index in [9.17, 15) is 10.2 Å². The van der Waals surface area contributed by atoms with E-state index >= 15 is 0 Å². The van der Waals surface area contributed by atoms with Crippen LogP contribution in [0.5, 0.6) is 5.75 Å². The number of aryl methyl sites for hydroxylation is 1. The molecule has 1 saturated heterocycles. The Morgan fingerprint density at radius 3 is 3.00 bits per heavy atom. The molecule has 23 heavy (non-hydrogen) atoms. The fraction of sp³-hybridized carbons (Fsp3) is 0.471. The van der Waals surface area contributed by atoms with Crippen LogP contribution in [0.15, 0.2) is 30.6 Å². The molecule has 2 unspecified atom stereocenters. The number of nitrogens with zero attached hydrogens (tertiary/aromatic N) is 3. The minimum absolute atomic E-state index is 0.145. The number of imidazole rings is 1. The fourth-order valence-electron chi connectivity index (χ4n) is 3.29. The number of piperidine rings is 1. The van der Waals surface area contributed by atoms with Crippen LogP contribution in [-0.4, -0.2) is 37.8 Å². The molecule has 0 saturated carbocycles. The highest BCUT2D eigenvalue weighted by molar-refractivity contribution is 6.30. The van der Waals surface area contributed by atoms with E-state index in [-0.39, 0.29) is 11.7 Å². The van der Waals surface area contributed by atoms with Gasteiger partial charge in [0.25, 0.3) is 0 Å². The Balaban J connectivity index is 1.68. The molecular weight excluding hydrogens is 314 g/mol. The zero-order valence-corrected chi connectivity index (χ0v) is 13.9. The van der Waals surface area contributed by atoms with Crippen LogP contribution < -0.4 is 0 Å². The highest BCUT2D eigenvalue weighted by Crippen LogP contribution is 2.31. The van der Waals surface area contributed by atoms with E-state index < -0.39 is 6.10 Å². The monoisotopic (exact) mass is 335 g/mol. The van der Waals surface area contributed by atoms with Gasteiger partial charge in [0.2, 0.25) is 0 Å². The van der Waals surface area contributed by atoms with Gasteiger partial charge in [0.05, 0.1) is 0 Å². The smallest absolute Gasteiger partial charge is 0.137 e. The van der Waals surface area contributed by atoms with Crippen LogP contribution in [0.3, 0.4) is 0 Å². The maximum Gasteiger partial charge on any atom is 0.137 e. The molecule has 1 fully saturated rings. The third kappa shape index (κ3) is 3.68. The second kappa shape index (κ2) is 6.91. The van der Waals surface area contributed by atoms with Gasteiger partial charge >= 0.3 is 0 Å². The van der Waals surface area contributed by atoms with Crippen molar-refractivity contribution in [3.63, 3.8) is 0 Å². The highest BCUT2D eigenvalue weighted by Gasteiger charge is 2.29. The van der Waals surface area contributed by atoms with E-state index in [1.165, 1.54) is 0 Å². The summed E-state index contributed by atoms with van der Waals surface area (Å²) in [5.74, 6) is 1.12. The van der Waals surface area contributed by atoms with Crippen molar-refractivity contribution in [1.29, 1.82) is 0 Å². The van der Waals surface area contributed by atoms with Gasteiger partial charge < -0.3 is 14.8 Å². The summed E-state index contributed by atoms with van der Waals surface area (Å²) in [4.78, 5) is 6.52. The molecule has 0 amide bonds. The molecule has 2 atom stereocenters. The molecule has 1 aliphatic heterocycles. The van der Waals surface area contributed by atoms with Crippen molar-refractivity contribution in [1.82, 2.24) is 14.5 Å². The molecule has 124 valence electrons. The lowest BCUT2D eigenvalue weighted by atomic mass is 9.91. The largest absolute Gasteiger partial charge is 0.508 e. The van der Waals surface area contributed by atoms with Gasteiger partial charge in [-0.2, -0.15) is 0 Å². The fourth-order valence-corrected chi connectivity index (χ4v) is 3.48. The second-order valence-corrected chi connectivity index (χ2v) is 6.69. The number of phenols is 1. The highest BCUT2D eigenvalue weighted by atomic mass is 35.5. The predicted octanol–water partition coefficient (Wildman–Crippen LogP) is 2.72. The number of rotatable bonds is 4.